The van der Waals surface area contributed by atoms with Gasteiger partial charge in [0.05, 0.1) is 5.56 Å². The predicted octanol–water partition coefficient (Wildman–Crippen LogP) is 2.65. The number of hydrogen-bond acceptors (Lipinski definition) is 2. The molecule has 1 rings (SSSR count). The third-order valence-electron chi connectivity index (χ3n) is 1.28. The summed E-state index contributed by atoms with van der Waals surface area (Å²) in [4.78, 5) is 12.7. The maximum Gasteiger partial charge on any atom is 0.163 e. The number of halogens is 1. The van der Waals surface area contributed by atoms with Crippen LogP contribution in [0.2, 0.25) is 0 Å². The Kier molecular flexibility index (Phi) is 5.70. The van der Waals surface area contributed by atoms with Crippen LogP contribution in [0, 0.1) is 0 Å². The van der Waals surface area contributed by atoms with Gasteiger partial charge in [-0.25, -0.2) is 0 Å². The van der Waals surface area contributed by atoms with E-state index in [9.17, 15) is 4.79 Å². The van der Waals surface area contributed by atoms with Crippen LogP contribution in [-0.2, 0) is 0 Å². The van der Waals surface area contributed by atoms with Gasteiger partial charge in [0.2, 0.25) is 0 Å². The Morgan fingerprint density at radius 2 is 1.83 bits per heavy atom. The molecule has 0 aliphatic rings. The zero-order valence-electron chi connectivity index (χ0n) is 7.04. The lowest BCUT2D eigenvalue weighted by Gasteiger charge is -1.96. The number of alkyl halides is 1. The van der Waals surface area contributed by atoms with Gasteiger partial charge in [0.1, 0.15) is 5.75 Å². The molecule has 0 atom stereocenters. The summed E-state index contributed by atoms with van der Waals surface area (Å²) in [7, 11) is 0. The summed E-state index contributed by atoms with van der Waals surface area (Å²) in [6, 6.07) is 6.49. The number of phenols is 1. The van der Waals surface area contributed by atoms with Crippen molar-refractivity contribution in [3.63, 3.8) is 0 Å². The lowest BCUT2D eigenvalue weighted by Crippen LogP contribution is -1.90. The average Bonchev–Trinajstić information content (AvgIpc) is 2.08. The Balaban J connectivity index is 0.000000561. The Morgan fingerprint density at radius 1 is 1.33 bits per heavy atom. The van der Waals surface area contributed by atoms with E-state index < -0.39 is 0 Å². The van der Waals surface area contributed by atoms with Gasteiger partial charge in [-0.2, -0.15) is 0 Å². The molecule has 3 heteroatoms. The van der Waals surface area contributed by atoms with Gasteiger partial charge in [-0.05, 0) is 24.0 Å². The fourth-order valence-corrected chi connectivity index (χ4v) is 0.771. The van der Waals surface area contributed by atoms with Crippen molar-refractivity contribution < 1.29 is 9.90 Å². The molecule has 2 nitrogen and oxygen atoms in total. The summed E-state index contributed by atoms with van der Waals surface area (Å²) in [5.74, 6) is -0.0619. The molecule has 0 radical (unpaired) electrons. The van der Waals surface area contributed by atoms with Crippen molar-refractivity contribution in [3.8, 4) is 5.75 Å². The number of carbonyl (C=O) groups excluding carboxylic acids is 1. The molecule has 0 bridgehead atoms. The van der Waals surface area contributed by atoms with Crippen LogP contribution in [0.25, 0.3) is 0 Å². The highest BCUT2D eigenvalue weighted by Crippen LogP contribution is 2.15. The molecule has 0 aromatic heterocycles. The minimum Gasteiger partial charge on any atom is -0.507 e. The summed E-state index contributed by atoms with van der Waals surface area (Å²) in [6.07, 6.45) is 0. The number of aromatic hydroxyl groups is 1. The second-order valence-corrected chi connectivity index (χ2v) is 2.07. The fraction of sp³-hybridized carbons (Fsp3) is 0.222. The van der Waals surface area contributed by atoms with Crippen molar-refractivity contribution in [2.24, 2.45) is 0 Å². The first-order chi connectivity index (χ1) is 5.72. The largest absolute Gasteiger partial charge is 0.507 e. The third kappa shape index (κ3) is 3.21. The van der Waals surface area contributed by atoms with Crippen LogP contribution >= 0.6 is 22.6 Å². The molecule has 12 heavy (non-hydrogen) atoms. The number of benzene rings is 1. The van der Waals surface area contributed by atoms with E-state index in [-0.39, 0.29) is 11.5 Å². The minimum atomic E-state index is -0.113. The molecule has 0 aliphatic heterocycles. The number of ketones is 1. The molecule has 0 amide bonds. The monoisotopic (exact) mass is 278 g/mol. The number of rotatable bonds is 1. The second kappa shape index (κ2) is 5.99. The second-order valence-electron chi connectivity index (χ2n) is 2.07. The number of carbonyl (C=O) groups is 1. The smallest absolute Gasteiger partial charge is 0.163 e. The summed E-state index contributed by atoms with van der Waals surface area (Å²) in [6.45, 7) is 1.43. The quantitative estimate of drug-likeness (QED) is 0.487. The fourth-order valence-electron chi connectivity index (χ4n) is 0.771. The van der Waals surface area contributed by atoms with Gasteiger partial charge in [-0.1, -0.05) is 34.7 Å². The zero-order chi connectivity index (χ0) is 9.56. The van der Waals surface area contributed by atoms with Crippen LogP contribution in [0.4, 0.5) is 0 Å². The van der Waals surface area contributed by atoms with Crippen LogP contribution in [-0.4, -0.2) is 15.8 Å². The molecule has 0 fully saturated rings. The molecule has 0 aliphatic carbocycles. The molecule has 66 valence electrons. The summed E-state index contributed by atoms with van der Waals surface area (Å²) < 4.78 is 0. The van der Waals surface area contributed by atoms with Gasteiger partial charge in [0.15, 0.2) is 5.78 Å². The molecule has 1 N–H and O–H groups in total. The van der Waals surface area contributed by atoms with Crippen molar-refractivity contribution in [2.75, 3.05) is 4.93 Å². The van der Waals surface area contributed by atoms with Gasteiger partial charge < -0.3 is 5.11 Å². The Bertz CT molecular complexity index is 258. The zero-order valence-corrected chi connectivity index (χ0v) is 9.20. The first kappa shape index (κ1) is 11.4. The minimum absolute atomic E-state index is 0.0509. The van der Waals surface area contributed by atoms with E-state index in [1.54, 1.807) is 18.2 Å². The van der Waals surface area contributed by atoms with Crippen molar-refractivity contribution >= 4 is 28.4 Å². The molecule has 1 aromatic rings. The van der Waals surface area contributed by atoms with E-state index in [2.05, 4.69) is 22.6 Å². The van der Waals surface area contributed by atoms with E-state index in [0.717, 1.165) is 0 Å². The molecule has 0 heterocycles. The van der Waals surface area contributed by atoms with Crippen molar-refractivity contribution in [2.45, 2.75) is 6.92 Å². The number of para-hydroxylation sites is 1. The molecule has 0 spiro atoms. The van der Waals surface area contributed by atoms with Crippen LogP contribution in [0.15, 0.2) is 24.3 Å². The van der Waals surface area contributed by atoms with Gasteiger partial charge >= 0.3 is 0 Å². The first-order valence-electron chi connectivity index (χ1n) is 3.38. The van der Waals surface area contributed by atoms with Gasteiger partial charge in [0, 0.05) is 0 Å². The summed E-state index contributed by atoms with van der Waals surface area (Å²) >= 11 is 2.15. The highest BCUT2D eigenvalue weighted by atomic mass is 127. The van der Waals surface area contributed by atoms with E-state index in [0.29, 0.717) is 5.56 Å². The normalized spacial score (nSPS) is 8.25. The van der Waals surface area contributed by atoms with Crippen molar-refractivity contribution in [1.82, 2.24) is 0 Å². The van der Waals surface area contributed by atoms with Gasteiger partial charge in [-0.15, -0.1) is 0 Å². The number of Topliss-reactive ketones (excluding diaryl/α,β-unsaturated/α-hetero) is 1. The first-order valence-corrected chi connectivity index (χ1v) is 5.54. The average molecular weight is 278 g/mol. The van der Waals surface area contributed by atoms with Crippen LogP contribution < -0.4 is 0 Å². The molecule has 0 saturated carbocycles. The lowest BCUT2D eigenvalue weighted by atomic mass is 10.1. The molecule has 0 saturated heterocycles. The van der Waals surface area contributed by atoms with Gasteiger partial charge in [0.25, 0.3) is 0 Å². The topological polar surface area (TPSA) is 37.3 Å². The van der Waals surface area contributed by atoms with E-state index >= 15 is 0 Å². The lowest BCUT2D eigenvalue weighted by molar-refractivity contribution is 0.101. The van der Waals surface area contributed by atoms with E-state index in [1.807, 2.05) is 4.93 Å². The van der Waals surface area contributed by atoms with E-state index in [4.69, 9.17) is 5.11 Å². The highest BCUT2D eigenvalue weighted by Gasteiger charge is 2.02. The molecular formula is C9H11IO2. The van der Waals surface area contributed by atoms with Crippen LogP contribution in [0.1, 0.15) is 17.3 Å². The summed E-state index contributed by atoms with van der Waals surface area (Å²) in [5, 5.41) is 9.06. The van der Waals surface area contributed by atoms with Gasteiger partial charge in [-0.3, -0.25) is 4.79 Å². The maximum atomic E-state index is 10.7. The standard InChI is InChI=1S/C8H8O2.CH3I/c1-6(9)7-4-2-3-5-8(7)10;1-2/h2-5,10H,1H3;1H3. The van der Waals surface area contributed by atoms with Crippen LogP contribution in [0.5, 0.6) is 5.75 Å². The molecule has 1 aromatic carbocycles. The highest BCUT2D eigenvalue weighted by molar-refractivity contribution is 14.1. The Labute approximate surface area is 85.7 Å². The number of hydrogen-bond donors (Lipinski definition) is 1. The maximum absolute atomic E-state index is 10.7. The SMILES string of the molecule is CC(=O)c1ccccc1O.CI. The molecule has 0 unspecified atom stereocenters. The molecular weight excluding hydrogens is 267 g/mol. The summed E-state index contributed by atoms with van der Waals surface area (Å²) in [5.41, 5.74) is 0.377. The predicted molar refractivity (Wildman–Crippen MR) is 58.1 cm³/mol. The Morgan fingerprint density at radius 3 is 2.17 bits per heavy atom. The van der Waals surface area contributed by atoms with Crippen molar-refractivity contribution in [3.05, 3.63) is 29.8 Å². The third-order valence-corrected chi connectivity index (χ3v) is 1.28. The van der Waals surface area contributed by atoms with Crippen molar-refractivity contribution in [1.29, 1.82) is 0 Å². The van der Waals surface area contributed by atoms with Crippen LogP contribution in [0.3, 0.4) is 0 Å². The Hall–Kier alpha value is -0.580. The van der Waals surface area contributed by atoms with E-state index in [1.165, 1.54) is 13.0 Å². The number of phenolic OH excluding ortho intramolecular Hbond substituents is 1.